The fourth-order valence-corrected chi connectivity index (χ4v) is 1.95. The Kier molecular flexibility index (Phi) is 3.86. The van der Waals surface area contributed by atoms with Gasteiger partial charge in [0.05, 0.1) is 0 Å². The molecule has 1 fully saturated rings. The summed E-state index contributed by atoms with van der Waals surface area (Å²) in [6.45, 7) is 2.34. The molecular formula is C10H20. The van der Waals surface area contributed by atoms with Crippen molar-refractivity contribution in [3.63, 3.8) is 0 Å². The Morgan fingerprint density at radius 2 is 1.40 bits per heavy atom. The SMILES string of the molecule is CCC1CCCCCCC1. The van der Waals surface area contributed by atoms with Crippen molar-refractivity contribution >= 4 is 0 Å². The van der Waals surface area contributed by atoms with Crippen LogP contribution in [0.1, 0.15) is 58.3 Å². The van der Waals surface area contributed by atoms with Crippen molar-refractivity contribution in [1.29, 1.82) is 0 Å². The molecular weight excluding hydrogens is 120 g/mol. The molecule has 0 heteroatoms. The standard InChI is InChI=1S/C10H20/c1-2-10-8-6-4-3-5-7-9-10/h10H,2-9H2,1H3. The largest absolute Gasteiger partial charge is 0.0651 e. The summed E-state index contributed by atoms with van der Waals surface area (Å²) < 4.78 is 0. The highest BCUT2D eigenvalue weighted by Crippen LogP contribution is 2.23. The average Bonchev–Trinajstić information content (AvgIpc) is 1.87. The molecule has 0 spiro atoms. The van der Waals surface area contributed by atoms with Crippen LogP contribution in [0.4, 0.5) is 0 Å². The monoisotopic (exact) mass is 140 g/mol. The Morgan fingerprint density at radius 3 is 1.90 bits per heavy atom. The molecule has 0 amide bonds. The normalized spacial score (nSPS) is 23.7. The van der Waals surface area contributed by atoms with Gasteiger partial charge in [0.1, 0.15) is 0 Å². The molecule has 0 heterocycles. The van der Waals surface area contributed by atoms with E-state index >= 15 is 0 Å². The summed E-state index contributed by atoms with van der Waals surface area (Å²) in [4.78, 5) is 0. The molecule has 0 nitrogen and oxygen atoms in total. The van der Waals surface area contributed by atoms with E-state index in [1.165, 1.54) is 51.4 Å². The van der Waals surface area contributed by atoms with Crippen LogP contribution in [0.3, 0.4) is 0 Å². The molecule has 1 rings (SSSR count). The maximum Gasteiger partial charge on any atom is -0.0417 e. The van der Waals surface area contributed by atoms with E-state index in [4.69, 9.17) is 0 Å². The van der Waals surface area contributed by atoms with E-state index in [0.29, 0.717) is 0 Å². The van der Waals surface area contributed by atoms with Crippen LogP contribution in [0.25, 0.3) is 0 Å². The van der Waals surface area contributed by atoms with Crippen molar-refractivity contribution in [3.8, 4) is 0 Å². The van der Waals surface area contributed by atoms with Crippen LogP contribution in [0.2, 0.25) is 0 Å². The molecule has 1 saturated carbocycles. The van der Waals surface area contributed by atoms with Crippen molar-refractivity contribution in [2.75, 3.05) is 0 Å². The molecule has 0 N–H and O–H groups in total. The quantitative estimate of drug-likeness (QED) is 0.520. The van der Waals surface area contributed by atoms with Crippen LogP contribution in [0, 0.1) is 5.92 Å². The highest BCUT2D eigenvalue weighted by molar-refractivity contribution is 4.61. The lowest BCUT2D eigenvalue weighted by atomic mass is 9.90. The molecule has 1 aliphatic rings. The third kappa shape index (κ3) is 2.72. The topological polar surface area (TPSA) is 0 Å². The summed E-state index contributed by atoms with van der Waals surface area (Å²) in [7, 11) is 0. The van der Waals surface area contributed by atoms with Crippen molar-refractivity contribution in [2.24, 2.45) is 5.92 Å². The van der Waals surface area contributed by atoms with Gasteiger partial charge in [-0.1, -0.05) is 58.3 Å². The molecule has 0 bridgehead atoms. The van der Waals surface area contributed by atoms with E-state index in [1.54, 1.807) is 0 Å². The molecule has 0 saturated heterocycles. The van der Waals surface area contributed by atoms with E-state index in [1.807, 2.05) is 0 Å². The zero-order valence-corrected chi connectivity index (χ0v) is 7.23. The summed E-state index contributed by atoms with van der Waals surface area (Å²) >= 11 is 0. The summed E-state index contributed by atoms with van der Waals surface area (Å²) in [5, 5.41) is 0. The first kappa shape index (κ1) is 8.10. The second-order valence-corrected chi connectivity index (χ2v) is 3.62. The minimum Gasteiger partial charge on any atom is -0.0651 e. The van der Waals surface area contributed by atoms with Crippen LogP contribution < -0.4 is 0 Å². The molecule has 0 aromatic rings. The van der Waals surface area contributed by atoms with Crippen molar-refractivity contribution in [1.82, 2.24) is 0 Å². The maximum absolute atomic E-state index is 2.34. The number of rotatable bonds is 1. The maximum atomic E-state index is 2.34. The van der Waals surface area contributed by atoms with Gasteiger partial charge < -0.3 is 0 Å². The van der Waals surface area contributed by atoms with Crippen molar-refractivity contribution in [3.05, 3.63) is 0 Å². The van der Waals surface area contributed by atoms with Crippen LogP contribution in [-0.2, 0) is 0 Å². The van der Waals surface area contributed by atoms with Gasteiger partial charge in [-0.25, -0.2) is 0 Å². The fourth-order valence-electron chi connectivity index (χ4n) is 1.95. The van der Waals surface area contributed by atoms with Gasteiger partial charge in [-0.3, -0.25) is 0 Å². The lowest BCUT2D eigenvalue weighted by Crippen LogP contribution is -2.01. The smallest absolute Gasteiger partial charge is 0.0417 e. The molecule has 0 aromatic carbocycles. The van der Waals surface area contributed by atoms with Gasteiger partial charge in [0.15, 0.2) is 0 Å². The summed E-state index contributed by atoms with van der Waals surface area (Å²) in [5.41, 5.74) is 0. The first-order chi connectivity index (χ1) is 4.93. The molecule has 0 radical (unpaired) electrons. The first-order valence-corrected chi connectivity index (χ1v) is 4.93. The highest BCUT2D eigenvalue weighted by Gasteiger charge is 2.07. The third-order valence-electron chi connectivity index (χ3n) is 2.80. The lowest BCUT2D eigenvalue weighted by molar-refractivity contribution is 0.369. The van der Waals surface area contributed by atoms with Crippen molar-refractivity contribution < 1.29 is 0 Å². The Morgan fingerprint density at radius 1 is 0.900 bits per heavy atom. The lowest BCUT2D eigenvalue weighted by Gasteiger charge is -2.17. The Labute approximate surface area is 65.0 Å². The van der Waals surface area contributed by atoms with Gasteiger partial charge in [0, 0.05) is 0 Å². The van der Waals surface area contributed by atoms with E-state index in [2.05, 4.69) is 6.92 Å². The summed E-state index contributed by atoms with van der Waals surface area (Å²) in [6.07, 6.45) is 11.9. The summed E-state index contributed by atoms with van der Waals surface area (Å²) in [5.74, 6) is 1.07. The van der Waals surface area contributed by atoms with Gasteiger partial charge in [0.25, 0.3) is 0 Å². The minimum absolute atomic E-state index is 1.07. The fraction of sp³-hybridized carbons (Fsp3) is 1.00. The predicted molar refractivity (Wildman–Crippen MR) is 46.1 cm³/mol. The van der Waals surface area contributed by atoms with E-state index in [-0.39, 0.29) is 0 Å². The Hall–Kier alpha value is 0. The third-order valence-corrected chi connectivity index (χ3v) is 2.80. The number of hydrogen-bond acceptors (Lipinski definition) is 0. The first-order valence-electron chi connectivity index (χ1n) is 4.93. The van der Waals surface area contributed by atoms with Gasteiger partial charge in [-0.05, 0) is 5.92 Å². The zero-order chi connectivity index (χ0) is 7.23. The predicted octanol–water partition coefficient (Wildman–Crippen LogP) is 3.76. The molecule has 10 heavy (non-hydrogen) atoms. The molecule has 0 aliphatic heterocycles. The Balaban J connectivity index is 2.16. The van der Waals surface area contributed by atoms with Crippen LogP contribution in [0.15, 0.2) is 0 Å². The Bertz CT molecular complexity index is 68.1. The van der Waals surface area contributed by atoms with Crippen molar-refractivity contribution in [2.45, 2.75) is 58.3 Å². The van der Waals surface area contributed by atoms with E-state index in [9.17, 15) is 0 Å². The van der Waals surface area contributed by atoms with Crippen LogP contribution in [0.5, 0.6) is 0 Å². The molecule has 0 aromatic heterocycles. The molecule has 0 atom stereocenters. The molecule has 60 valence electrons. The molecule has 0 unspecified atom stereocenters. The second-order valence-electron chi connectivity index (χ2n) is 3.62. The zero-order valence-electron chi connectivity index (χ0n) is 7.23. The minimum atomic E-state index is 1.07. The summed E-state index contributed by atoms with van der Waals surface area (Å²) in [6, 6.07) is 0. The van der Waals surface area contributed by atoms with Crippen LogP contribution >= 0.6 is 0 Å². The van der Waals surface area contributed by atoms with Gasteiger partial charge in [0.2, 0.25) is 0 Å². The van der Waals surface area contributed by atoms with E-state index < -0.39 is 0 Å². The number of hydrogen-bond donors (Lipinski definition) is 0. The second kappa shape index (κ2) is 4.76. The van der Waals surface area contributed by atoms with Crippen LogP contribution in [-0.4, -0.2) is 0 Å². The highest BCUT2D eigenvalue weighted by atomic mass is 14.1. The van der Waals surface area contributed by atoms with E-state index in [0.717, 1.165) is 5.92 Å². The van der Waals surface area contributed by atoms with Gasteiger partial charge in [-0.2, -0.15) is 0 Å². The van der Waals surface area contributed by atoms with Gasteiger partial charge >= 0.3 is 0 Å². The van der Waals surface area contributed by atoms with Gasteiger partial charge in [-0.15, -0.1) is 0 Å². The molecule has 1 aliphatic carbocycles. The average molecular weight is 140 g/mol.